The molecule has 0 aromatic rings. The van der Waals surface area contributed by atoms with Crippen molar-refractivity contribution in [2.24, 2.45) is 5.92 Å². The minimum Gasteiger partial charge on any atom is -0.123 e. The molecule has 1 rings (SSSR count). The molecule has 0 N–H and O–H groups in total. The maximum atomic E-state index is 6.81. The van der Waals surface area contributed by atoms with Crippen molar-refractivity contribution in [3.63, 3.8) is 0 Å². The predicted molar refractivity (Wildman–Crippen MR) is 43.3 cm³/mol. The van der Waals surface area contributed by atoms with Gasteiger partial charge in [-0.05, 0) is 38.0 Å². The summed E-state index contributed by atoms with van der Waals surface area (Å²) in [5, 5.41) is 0.405. The molecule has 0 nitrogen and oxygen atoms in total. The fourth-order valence-corrected chi connectivity index (χ4v) is 1.72. The average Bonchev–Trinajstić information content (AvgIpc) is 1.95. The van der Waals surface area contributed by atoms with Gasteiger partial charge < -0.3 is 0 Å². The predicted octanol–water partition coefficient (Wildman–Crippen LogP) is 2.76. The van der Waals surface area contributed by atoms with Gasteiger partial charge in [0.1, 0.15) is 0 Å². The second kappa shape index (κ2) is 3.88. The van der Waals surface area contributed by atoms with E-state index in [1.54, 1.807) is 0 Å². The van der Waals surface area contributed by atoms with Crippen LogP contribution in [-0.4, -0.2) is 5.38 Å². The van der Waals surface area contributed by atoms with Crippen LogP contribution in [0.5, 0.6) is 0 Å². The van der Waals surface area contributed by atoms with Crippen molar-refractivity contribution in [1.82, 2.24) is 0 Å². The maximum Gasteiger partial charge on any atom is 0.0336 e. The van der Waals surface area contributed by atoms with E-state index >= 15 is 0 Å². The second-order valence-corrected chi connectivity index (χ2v) is 3.62. The van der Waals surface area contributed by atoms with E-state index < -0.39 is 0 Å². The van der Waals surface area contributed by atoms with Crippen LogP contribution in [0.1, 0.15) is 32.1 Å². The molecule has 0 amide bonds. The monoisotopic (exact) mass is 155 g/mol. The Morgan fingerprint density at radius 1 is 1.30 bits per heavy atom. The topological polar surface area (TPSA) is 0 Å². The molecule has 1 aliphatic rings. The molecular formula is C9H12Cl. The normalized spacial score (nSPS) is 33.2. The molecule has 0 bridgehead atoms. The SMILES string of the molecule is [C]#CCC1CCC(Cl)CC1. The summed E-state index contributed by atoms with van der Waals surface area (Å²) < 4.78 is 0. The minimum absolute atomic E-state index is 0.405. The van der Waals surface area contributed by atoms with Crippen LogP contribution in [0, 0.1) is 18.3 Å². The smallest absolute Gasteiger partial charge is 0.0336 e. The fraction of sp³-hybridized carbons (Fsp3) is 0.778. The Kier molecular flexibility index (Phi) is 3.09. The van der Waals surface area contributed by atoms with Crippen LogP contribution in [0.25, 0.3) is 0 Å². The van der Waals surface area contributed by atoms with Gasteiger partial charge >= 0.3 is 0 Å². The Morgan fingerprint density at radius 2 is 1.90 bits per heavy atom. The van der Waals surface area contributed by atoms with Gasteiger partial charge in [-0.1, -0.05) is 5.92 Å². The van der Waals surface area contributed by atoms with E-state index in [-0.39, 0.29) is 0 Å². The van der Waals surface area contributed by atoms with Crippen LogP contribution >= 0.6 is 11.6 Å². The molecule has 1 fully saturated rings. The molecule has 0 saturated heterocycles. The summed E-state index contributed by atoms with van der Waals surface area (Å²) in [6.45, 7) is 0. The van der Waals surface area contributed by atoms with Gasteiger partial charge in [0.25, 0.3) is 0 Å². The summed E-state index contributed by atoms with van der Waals surface area (Å²) in [4.78, 5) is 0. The fourth-order valence-electron chi connectivity index (χ4n) is 1.47. The first-order valence-electron chi connectivity index (χ1n) is 3.86. The molecule has 0 heterocycles. The summed E-state index contributed by atoms with van der Waals surface area (Å²) in [7, 11) is 0. The van der Waals surface area contributed by atoms with Gasteiger partial charge in [0.2, 0.25) is 0 Å². The zero-order valence-electron chi connectivity index (χ0n) is 6.07. The molecule has 0 unspecified atom stereocenters. The lowest BCUT2D eigenvalue weighted by atomic mass is 9.87. The lowest BCUT2D eigenvalue weighted by molar-refractivity contribution is 0.369. The highest BCUT2D eigenvalue weighted by atomic mass is 35.5. The Bertz CT molecular complexity index is 126. The first-order chi connectivity index (χ1) is 4.83. The van der Waals surface area contributed by atoms with Crippen molar-refractivity contribution in [3.8, 4) is 5.92 Å². The van der Waals surface area contributed by atoms with Crippen LogP contribution < -0.4 is 0 Å². The molecule has 10 heavy (non-hydrogen) atoms. The first-order valence-corrected chi connectivity index (χ1v) is 4.30. The van der Waals surface area contributed by atoms with E-state index in [1.807, 2.05) is 0 Å². The Morgan fingerprint density at radius 3 is 2.40 bits per heavy atom. The molecule has 55 valence electrons. The minimum atomic E-state index is 0.405. The summed E-state index contributed by atoms with van der Waals surface area (Å²) >= 11 is 5.91. The van der Waals surface area contributed by atoms with Crippen LogP contribution in [0.2, 0.25) is 0 Å². The number of rotatable bonds is 1. The van der Waals surface area contributed by atoms with Crippen molar-refractivity contribution < 1.29 is 0 Å². The van der Waals surface area contributed by atoms with Gasteiger partial charge in [0.15, 0.2) is 0 Å². The van der Waals surface area contributed by atoms with Gasteiger partial charge in [-0.2, -0.15) is 0 Å². The lowest BCUT2D eigenvalue weighted by Crippen LogP contribution is -2.13. The van der Waals surface area contributed by atoms with Gasteiger partial charge in [0.05, 0.1) is 0 Å². The molecule has 0 aromatic carbocycles. The van der Waals surface area contributed by atoms with Crippen molar-refractivity contribution in [2.75, 3.05) is 0 Å². The van der Waals surface area contributed by atoms with E-state index in [1.165, 1.54) is 12.8 Å². The molecule has 1 heteroatoms. The molecule has 0 aromatic heterocycles. The molecular weight excluding hydrogens is 144 g/mol. The number of halogens is 1. The Hall–Kier alpha value is -0.150. The van der Waals surface area contributed by atoms with E-state index in [4.69, 9.17) is 18.0 Å². The highest BCUT2D eigenvalue weighted by Gasteiger charge is 2.17. The van der Waals surface area contributed by atoms with Crippen LogP contribution in [0.3, 0.4) is 0 Å². The third kappa shape index (κ3) is 2.23. The van der Waals surface area contributed by atoms with Gasteiger partial charge in [-0.25, -0.2) is 0 Å². The highest BCUT2D eigenvalue weighted by molar-refractivity contribution is 6.20. The third-order valence-electron chi connectivity index (χ3n) is 2.17. The molecule has 0 aliphatic heterocycles. The van der Waals surface area contributed by atoms with Gasteiger partial charge in [-0.15, -0.1) is 11.6 Å². The number of hydrogen-bond acceptors (Lipinski definition) is 0. The largest absolute Gasteiger partial charge is 0.123 e. The van der Waals surface area contributed by atoms with E-state index in [2.05, 4.69) is 5.92 Å². The standard InChI is InChI=1S/C9H12Cl/c1-2-3-8-4-6-9(10)7-5-8/h8-9H,3-7H2. The maximum absolute atomic E-state index is 6.81. The number of alkyl halides is 1. The van der Waals surface area contributed by atoms with E-state index in [0.717, 1.165) is 19.3 Å². The van der Waals surface area contributed by atoms with Crippen LogP contribution in [-0.2, 0) is 0 Å². The van der Waals surface area contributed by atoms with Crippen molar-refractivity contribution in [1.29, 1.82) is 0 Å². The van der Waals surface area contributed by atoms with Crippen LogP contribution in [0.15, 0.2) is 0 Å². The van der Waals surface area contributed by atoms with Crippen LogP contribution in [0.4, 0.5) is 0 Å². The molecule has 0 spiro atoms. The highest BCUT2D eigenvalue weighted by Crippen LogP contribution is 2.29. The van der Waals surface area contributed by atoms with Gasteiger partial charge in [-0.3, -0.25) is 0 Å². The van der Waals surface area contributed by atoms with Crippen molar-refractivity contribution in [2.45, 2.75) is 37.5 Å². The van der Waals surface area contributed by atoms with Crippen molar-refractivity contribution >= 4 is 11.6 Å². The number of hydrogen-bond donors (Lipinski definition) is 0. The summed E-state index contributed by atoms with van der Waals surface area (Å²) in [6, 6.07) is 0. The zero-order valence-corrected chi connectivity index (χ0v) is 6.82. The molecule has 0 atom stereocenters. The van der Waals surface area contributed by atoms with E-state index in [9.17, 15) is 0 Å². The molecule has 1 aliphatic carbocycles. The zero-order chi connectivity index (χ0) is 7.40. The Balaban J connectivity index is 2.21. The summed E-state index contributed by atoms with van der Waals surface area (Å²) in [5.41, 5.74) is 0. The average molecular weight is 156 g/mol. The summed E-state index contributed by atoms with van der Waals surface area (Å²) in [5.74, 6) is 3.16. The Labute approximate surface area is 68.0 Å². The molecule has 1 saturated carbocycles. The van der Waals surface area contributed by atoms with E-state index in [0.29, 0.717) is 11.3 Å². The van der Waals surface area contributed by atoms with Crippen molar-refractivity contribution in [3.05, 3.63) is 6.42 Å². The molecule has 1 radical (unpaired) electrons. The lowest BCUT2D eigenvalue weighted by Gasteiger charge is -2.22. The quantitative estimate of drug-likeness (QED) is 0.404. The first kappa shape index (κ1) is 7.95. The van der Waals surface area contributed by atoms with Gasteiger partial charge in [0, 0.05) is 11.8 Å². The third-order valence-corrected chi connectivity index (χ3v) is 2.60. The summed E-state index contributed by atoms with van der Waals surface area (Å²) in [6.07, 6.45) is 12.3. The second-order valence-electron chi connectivity index (χ2n) is 3.00.